The molecule has 168 valence electrons. The lowest BCUT2D eigenvalue weighted by atomic mass is 10.2. The molecule has 0 N–H and O–H groups in total. The zero-order valence-electron chi connectivity index (χ0n) is 19.9. The van der Waals surface area contributed by atoms with Crippen molar-refractivity contribution in [1.82, 2.24) is 4.90 Å². The van der Waals surface area contributed by atoms with Crippen molar-refractivity contribution >= 4 is 24.8 Å². The molecular weight excluding hydrogens is 402 g/mol. The van der Waals surface area contributed by atoms with Gasteiger partial charge in [0.25, 0.3) is 8.32 Å². The van der Waals surface area contributed by atoms with Crippen LogP contribution in [0.3, 0.4) is 0 Å². The lowest BCUT2D eigenvalue weighted by Gasteiger charge is -2.44. The van der Waals surface area contributed by atoms with Crippen LogP contribution in [0.5, 0.6) is 0 Å². The molecule has 0 bridgehead atoms. The van der Waals surface area contributed by atoms with Crippen LogP contribution in [-0.4, -0.2) is 44.1 Å². The molecule has 0 unspecified atom stereocenters. The highest BCUT2D eigenvalue weighted by atomic mass is 28.4. The quantitative estimate of drug-likeness (QED) is 0.618. The Kier molecular flexibility index (Phi) is 6.97. The molecule has 1 amide bonds. The number of benzene rings is 2. The van der Waals surface area contributed by atoms with Crippen LogP contribution in [0, 0.1) is 0 Å². The van der Waals surface area contributed by atoms with Gasteiger partial charge >= 0.3 is 6.09 Å². The molecule has 0 saturated carbocycles. The Morgan fingerprint density at radius 2 is 1.45 bits per heavy atom. The normalized spacial score (nSPS) is 17.6. The van der Waals surface area contributed by atoms with Crippen molar-refractivity contribution < 1.29 is 14.0 Å². The third-order valence-electron chi connectivity index (χ3n) is 5.91. The van der Waals surface area contributed by atoms with Crippen molar-refractivity contribution in [2.45, 2.75) is 71.1 Å². The van der Waals surface area contributed by atoms with E-state index in [4.69, 9.17) is 9.16 Å². The Labute approximate surface area is 188 Å². The maximum atomic E-state index is 12.8. The predicted molar refractivity (Wildman–Crippen MR) is 130 cm³/mol. The number of carbonyl (C=O) groups is 1. The lowest BCUT2D eigenvalue weighted by Crippen LogP contribution is -2.67. The largest absolute Gasteiger partial charge is 0.444 e. The molecule has 0 aliphatic carbocycles. The van der Waals surface area contributed by atoms with Crippen LogP contribution >= 0.6 is 0 Å². The van der Waals surface area contributed by atoms with Gasteiger partial charge in [0.1, 0.15) is 5.60 Å². The van der Waals surface area contributed by atoms with E-state index < -0.39 is 13.9 Å². The van der Waals surface area contributed by atoms with Crippen LogP contribution in [0.2, 0.25) is 5.04 Å². The summed E-state index contributed by atoms with van der Waals surface area (Å²) in [5.41, 5.74) is -0.497. The molecule has 31 heavy (non-hydrogen) atoms. The van der Waals surface area contributed by atoms with Gasteiger partial charge in [0, 0.05) is 6.54 Å². The van der Waals surface area contributed by atoms with Crippen molar-refractivity contribution in [3.05, 3.63) is 60.7 Å². The van der Waals surface area contributed by atoms with Gasteiger partial charge in [-0.1, -0.05) is 81.4 Å². The second kappa shape index (κ2) is 9.17. The third kappa shape index (κ3) is 5.21. The van der Waals surface area contributed by atoms with Crippen LogP contribution in [0.1, 0.15) is 54.4 Å². The van der Waals surface area contributed by atoms with Gasteiger partial charge in [0.15, 0.2) is 0 Å². The number of ether oxygens (including phenoxy) is 1. The van der Waals surface area contributed by atoms with Crippen LogP contribution in [0.15, 0.2) is 60.7 Å². The summed E-state index contributed by atoms with van der Waals surface area (Å²) < 4.78 is 12.7. The number of likely N-dealkylation sites (tertiary alicyclic amines) is 1. The molecule has 0 aromatic heterocycles. The minimum atomic E-state index is -2.61. The summed E-state index contributed by atoms with van der Waals surface area (Å²) in [6.07, 6.45) is 1.69. The summed E-state index contributed by atoms with van der Waals surface area (Å²) in [5, 5.41) is 2.44. The number of hydrogen-bond donors (Lipinski definition) is 0. The number of amides is 1. The minimum Gasteiger partial charge on any atom is -0.444 e. The van der Waals surface area contributed by atoms with E-state index in [0.717, 1.165) is 19.4 Å². The second-order valence-corrected chi connectivity index (χ2v) is 14.7. The summed E-state index contributed by atoms with van der Waals surface area (Å²) in [7, 11) is -2.61. The van der Waals surface area contributed by atoms with Gasteiger partial charge in [-0.2, -0.15) is 0 Å². The van der Waals surface area contributed by atoms with Crippen molar-refractivity contribution in [2.24, 2.45) is 0 Å². The Balaban J connectivity index is 1.94. The monoisotopic (exact) mass is 439 g/mol. The average Bonchev–Trinajstić information content (AvgIpc) is 3.17. The highest BCUT2D eigenvalue weighted by Gasteiger charge is 2.50. The van der Waals surface area contributed by atoms with Crippen LogP contribution in [0.25, 0.3) is 0 Å². The van der Waals surface area contributed by atoms with Crippen molar-refractivity contribution in [3.63, 3.8) is 0 Å². The first-order chi connectivity index (χ1) is 14.5. The fourth-order valence-corrected chi connectivity index (χ4v) is 9.15. The van der Waals surface area contributed by atoms with E-state index in [-0.39, 0.29) is 17.2 Å². The Morgan fingerprint density at radius 1 is 0.935 bits per heavy atom. The van der Waals surface area contributed by atoms with E-state index in [1.54, 1.807) is 0 Å². The molecule has 1 saturated heterocycles. The summed E-state index contributed by atoms with van der Waals surface area (Å²) in [6.45, 7) is 13.8. The predicted octanol–water partition coefficient (Wildman–Crippen LogP) is 4.96. The van der Waals surface area contributed by atoms with Gasteiger partial charge in [-0.15, -0.1) is 0 Å². The summed E-state index contributed by atoms with van der Waals surface area (Å²) in [4.78, 5) is 14.7. The molecule has 4 nitrogen and oxygen atoms in total. The van der Waals surface area contributed by atoms with Crippen LogP contribution in [0.4, 0.5) is 4.79 Å². The molecule has 0 radical (unpaired) electrons. The first kappa shape index (κ1) is 23.5. The van der Waals surface area contributed by atoms with Gasteiger partial charge in [-0.05, 0) is 49.0 Å². The average molecular weight is 440 g/mol. The van der Waals surface area contributed by atoms with E-state index in [2.05, 4.69) is 81.4 Å². The lowest BCUT2D eigenvalue weighted by molar-refractivity contribution is 0.0183. The van der Waals surface area contributed by atoms with Crippen LogP contribution in [-0.2, 0) is 9.16 Å². The first-order valence-electron chi connectivity index (χ1n) is 11.3. The fraction of sp³-hybridized carbons (Fsp3) is 0.500. The third-order valence-corrected chi connectivity index (χ3v) is 10.9. The van der Waals surface area contributed by atoms with E-state index in [9.17, 15) is 4.79 Å². The highest BCUT2D eigenvalue weighted by Crippen LogP contribution is 2.37. The number of rotatable bonds is 5. The maximum Gasteiger partial charge on any atom is 0.410 e. The van der Waals surface area contributed by atoms with Crippen molar-refractivity contribution in [2.75, 3.05) is 13.2 Å². The summed E-state index contributed by atoms with van der Waals surface area (Å²) in [6, 6.07) is 21.3. The molecule has 0 spiro atoms. The van der Waals surface area contributed by atoms with Gasteiger partial charge in [0.05, 0.1) is 12.6 Å². The van der Waals surface area contributed by atoms with E-state index in [1.807, 2.05) is 25.7 Å². The zero-order chi connectivity index (χ0) is 22.7. The molecule has 1 aliphatic rings. The number of carbonyl (C=O) groups excluding carboxylic acids is 1. The van der Waals surface area contributed by atoms with Gasteiger partial charge < -0.3 is 14.1 Å². The second-order valence-electron chi connectivity index (χ2n) is 10.4. The Bertz CT molecular complexity index is 816. The molecule has 5 heteroatoms. The SMILES string of the molecule is CC(C)(C)OC(=O)N1CCC[C@H]1CO[Si](c1ccccc1)(c1ccccc1)C(C)(C)C. The van der Waals surface area contributed by atoms with E-state index in [0.29, 0.717) is 6.61 Å². The molecule has 1 aliphatic heterocycles. The molecular formula is C26H37NO3Si. The fourth-order valence-electron chi connectivity index (χ4n) is 4.55. The van der Waals surface area contributed by atoms with Gasteiger partial charge in [0.2, 0.25) is 0 Å². The van der Waals surface area contributed by atoms with Gasteiger partial charge in [-0.25, -0.2) is 4.79 Å². The number of nitrogens with zero attached hydrogens (tertiary/aromatic N) is 1. The van der Waals surface area contributed by atoms with Crippen LogP contribution < -0.4 is 10.4 Å². The Morgan fingerprint density at radius 3 is 1.90 bits per heavy atom. The molecule has 1 atom stereocenters. The van der Waals surface area contributed by atoms with Crippen molar-refractivity contribution in [1.29, 1.82) is 0 Å². The minimum absolute atomic E-state index is 0.0384. The molecule has 1 fully saturated rings. The maximum absolute atomic E-state index is 12.8. The Hall–Kier alpha value is -2.11. The zero-order valence-corrected chi connectivity index (χ0v) is 20.9. The summed E-state index contributed by atoms with van der Waals surface area (Å²) >= 11 is 0. The molecule has 2 aromatic carbocycles. The first-order valence-corrected chi connectivity index (χ1v) is 13.2. The topological polar surface area (TPSA) is 38.8 Å². The highest BCUT2D eigenvalue weighted by molar-refractivity contribution is 6.99. The van der Waals surface area contributed by atoms with E-state index >= 15 is 0 Å². The molecule has 1 heterocycles. The van der Waals surface area contributed by atoms with E-state index in [1.165, 1.54) is 10.4 Å². The van der Waals surface area contributed by atoms with Gasteiger partial charge in [-0.3, -0.25) is 0 Å². The smallest absolute Gasteiger partial charge is 0.410 e. The summed E-state index contributed by atoms with van der Waals surface area (Å²) in [5.74, 6) is 0. The number of hydrogen-bond acceptors (Lipinski definition) is 3. The van der Waals surface area contributed by atoms with Crippen molar-refractivity contribution in [3.8, 4) is 0 Å². The molecule has 2 aromatic rings. The molecule has 3 rings (SSSR count). The standard InChI is InChI=1S/C26H37NO3Si/c1-25(2,3)30-24(28)27-19-13-14-21(27)20-29-31(26(4,5)6,22-15-9-7-10-16-22)23-17-11-8-12-18-23/h7-12,15-18,21H,13-14,19-20H2,1-6H3/t21-/m0/s1.